The predicted molar refractivity (Wildman–Crippen MR) is 116 cm³/mol. The molecule has 154 valence electrons. The van der Waals surface area contributed by atoms with Crippen LogP contribution in [0.5, 0.6) is 0 Å². The number of hydrogen-bond donors (Lipinski definition) is 2. The van der Waals surface area contributed by atoms with E-state index < -0.39 is 16.1 Å². The van der Waals surface area contributed by atoms with E-state index >= 15 is 0 Å². The van der Waals surface area contributed by atoms with E-state index in [4.69, 9.17) is 10.9 Å². The number of nitrogens with zero attached hydrogens (tertiary/aromatic N) is 4. The fourth-order valence-electron chi connectivity index (χ4n) is 3.78. The van der Waals surface area contributed by atoms with Gasteiger partial charge in [-0.3, -0.25) is 0 Å². The van der Waals surface area contributed by atoms with E-state index in [9.17, 15) is 12.8 Å². The summed E-state index contributed by atoms with van der Waals surface area (Å²) in [5, 5.41) is 5.11. The number of primary sulfonamides is 1. The number of halogens is 2. The van der Waals surface area contributed by atoms with Crippen LogP contribution in [-0.4, -0.2) is 33.7 Å². The third-order valence-corrected chi connectivity index (χ3v) is 6.96. The zero-order valence-corrected chi connectivity index (χ0v) is 18.5. The zero-order chi connectivity index (χ0) is 20.8. The van der Waals surface area contributed by atoms with Crippen LogP contribution in [0.25, 0.3) is 11.2 Å². The van der Waals surface area contributed by atoms with Crippen LogP contribution >= 0.6 is 22.6 Å². The maximum absolute atomic E-state index is 13.8. The molecular formula is C18H20FIN6O2S. The smallest absolute Gasteiger partial charge is 0.312 e. The van der Waals surface area contributed by atoms with Crippen molar-refractivity contribution in [2.75, 3.05) is 11.5 Å². The molecule has 0 unspecified atom stereocenters. The van der Waals surface area contributed by atoms with Gasteiger partial charge in [0.2, 0.25) is 10.0 Å². The second-order valence-corrected chi connectivity index (χ2v) is 10.1. The van der Waals surface area contributed by atoms with Gasteiger partial charge in [0.1, 0.15) is 5.82 Å². The average Bonchev–Trinajstić information content (AvgIpc) is 3.19. The molecule has 4 rings (SSSR count). The van der Waals surface area contributed by atoms with E-state index in [2.05, 4.69) is 49.7 Å². The number of benzene rings is 1. The minimum absolute atomic E-state index is 0.0393. The zero-order valence-electron chi connectivity index (χ0n) is 15.5. The summed E-state index contributed by atoms with van der Waals surface area (Å²) in [6, 6.07) is 4.41. The summed E-state index contributed by atoms with van der Waals surface area (Å²) in [4.78, 5) is 12.0. The highest BCUT2D eigenvalue weighted by atomic mass is 127. The molecule has 11 heteroatoms. The number of rotatable bonds is 6. The van der Waals surface area contributed by atoms with Gasteiger partial charge in [-0.05, 0) is 71.0 Å². The van der Waals surface area contributed by atoms with Crippen molar-refractivity contribution in [3.63, 3.8) is 0 Å². The van der Waals surface area contributed by atoms with E-state index in [1.807, 2.05) is 0 Å². The Morgan fingerprint density at radius 3 is 2.62 bits per heavy atom. The fraction of sp³-hybridized carbons (Fsp3) is 0.389. The summed E-state index contributed by atoms with van der Waals surface area (Å²) in [5.41, 5.74) is 10.3. The Bertz CT molecular complexity index is 1210. The van der Waals surface area contributed by atoms with Crippen molar-refractivity contribution in [2.24, 2.45) is 5.14 Å². The van der Waals surface area contributed by atoms with Gasteiger partial charge in [0.05, 0.1) is 5.75 Å². The lowest BCUT2D eigenvalue weighted by atomic mass is 10.0. The summed E-state index contributed by atoms with van der Waals surface area (Å²) < 4.78 is 39.2. The number of fused-ring (bicyclic) bond motifs is 2. The first kappa shape index (κ1) is 20.4. The van der Waals surface area contributed by atoms with Crippen LogP contribution < -0.4 is 10.9 Å². The molecule has 0 saturated carbocycles. The average molecular weight is 530 g/mol. The predicted octanol–water partition coefficient (Wildman–Crippen LogP) is 1.91. The van der Waals surface area contributed by atoms with Crippen LogP contribution in [-0.2, 0) is 35.8 Å². The Kier molecular flexibility index (Phi) is 5.46. The van der Waals surface area contributed by atoms with Crippen molar-refractivity contribution in [2.45, 2.75) is 38.6 Å². The van der Waals surface area contributed by atoms with E-state index in [0.29, 0.717) is 17.8 Å². The molecule has 0 atom stereocenters. The standard InChI is InChI=1S/C18H20FIN6O2S/c19-18-24-16(21)15-17(25-18)26(5-2-6-29(22,27)28)14(23-15)9-12-7-10-3-1-4-11(10)8-13(12)20/h7-8H,1-6,9H2,(H2,21,24,25)(H2,22,27,28). The van der Waals surface area contributed by atoms with Gasteiger partial charge >= 0.3 is 6.08 Å². The highest BCUT2D eigenvalue weighted by Gasteiger charge is 2.20. The van der Waals surface area contributed by atoms with Crippen molar-refractivity contribution >= 4 is 49.6 Å². The molecule has 29 heavy (non-hydrogen) atoms. The number of sulfonamides is 1. The minimum Gasteiger partial charge on any atom is -0.382 e. The van der Waals surface area contributed by atoms with E-state index in [1.54, 1.807) is 4.57 Å². The number of anilines is 1. The number of hydrogen-bond acceptors (Lipinski definition) is 6. The maximum atomic E-state index is 13.8. The number of imidazole rings is 1. The third-order valence-electron chi connectivity index (χ3n) is 5.09. The molecule has 2 heterocycles. The quantitative estimate of drug-likeness (QED) is 0.370. The molecule has 0 aliphatic heterocycles. The Balaban J connectivity index is 1.75. The summed E-state index contributed by atoms with van der Waals surface area (Å²) in [6.45, 7) is 0.277. The van der Waals surface area contributed by atoms with Gasteiger partial charge in [0.25, 0.3) is 0 Å². The fourth-order valence-corrected chi connectivity index (χ4v) is 5.04. The summed E-state index contributed by atoms with van der Waals surface area (Å²) >= 11 is 2.32. The van der Waals surface area contributed by atoms with Crippen LogP contribution in [0.4, 0.5) is 10.2 Å². The summed E-state index contributed by atoms with van der Waals surface area (Å²) in [5.74, 6) is 0.408. The van der Waals surface area contributed by atoms with Crippen LogP contribution in [0.15, 0.2) is 12.1 Å². The largest absolute Gasteiger partial charge is 0.382 e. The molecule has 0 saturated heterocycles. The van der Waals surface area contributed by atoms with Gasteiger partial charge in [0, 0.05) is 16.5 Å². The molecule has 0 bridgehead atoms. The lowest BCUT2D eigenvalue weighted by Gasteiger charge is -2.11. The molecule has 4 N–H and O–H groups in total. The SMILES string of the molecule is Nc1nc(F)nc2c1nc(Cc1cc3c(cc1I)CCC3)n2CCCS(N)(=O)=O. The second kappa shape index (κ2) is 7.76. The first-order valence-corrected chi connectivity index (χ1v) is 12.0. The third kappa shape index (κ3) is 4.36. The second-order valence-electron chi connectivity index (χ2n) is 7.19. The minimum atomic E-state index is -3.60. The summed E-state index contributed by atoms with van der Waals surface area (Å²) in [6.07, 6.45) is 3.13. The van der Waals surface area contributed by atoms with Gasteiger partial charge in [-0.25, -0.2) is 18.5 Å². The highest BCUT2D eigenvalue weighted by molar-refractivity contribution is 14.1. The number of nitrogens with two attached hydrogens (primary N) is 2. The molecule has 1 aliphatic rings. The van der Waals surface area contributed by atoms with Crippen LogP contribution in [0, 0.1) is 9.65 Å². The number of nitrogen functional groups attached to an aromatic ring is 1. The van der Waals surface area contributed by atoms with E-state index in [1.165, 1.54) is 11.1 Å². The van der Waals surface area contributed by atoms with Crippen LogP contribution in [0.3, 0.4) is 0 Å². The van der Waals surface area contributed by atoms with Crippen molar-refractivity contribution in [3.05, 3.63) is 44.3 Å². The van der Waals surface area contributed by atoms with Gasteiger partial charge in [-0.1, -0.05) is 6.07 Å². The van der Waals surface area contributed by atoms with Gasteiger partial charge in [-0.2, -0.15) is 14.4 Å². The van der Waals surface area contributed by atoms with Gasteiger partial charge in [-0.15, -0.1) is 0 Å². The molecule has 1 aliphatic carbocycles. The first-order valence-electron chi connectivity index (χ1n) is 9.20. The Hall–Kier alpha value is -1.86. The van der Waals surface area contributed by atoms with Crippen LogP contribution in [0.2, 0.25) is 0 Å². The number of aromatic nitrogens is 4. The molecule has 3 aromatic rings. The molecule has 0 spiro atoms. The summed E-state index contributed by atoms with van der Waals surface area (Å²) in [7, 11) is -3.60. The number of aryl methyl sites for hydroxylation is 3. The van der Waals surface area contributed by atoms with Gasteiger partial charge < -0.3 is 10.3 Å². The Morgan fingerprint density at radius 2 is 1.90 bits per heavy atom. The van der Waals surface area contributed by atoms with Gasteiger partial charge in [0.15, 0.2) is 17.0 Å². The maximum Gasteiger partial charge on any atom is 0.312 e. The Morgan fingerprint density at radius 1 is 1.17 bits per heavy atom. The first-order chi connectivity index (χ1) is 13.7. The normalized spacial score (nSPS) is 13.9. The molecule has 0 radical (unpaired) electrons. The molecule has 1 aromatic carbocycles. The molecule has 0 fully saturated rings. The molecule has 0 amide bonds. The van der Waals surface area contributed by atoms with Crippen molar-refractivity contribution in [1.29, 1.82) is 0 Å². The highest BCUT2D eigenvalue weighted by Crippen LogP contribution is 2.29. The molecule has 8 nitrogen and oxygen atoms in total. The van der Waals surface area contributed by atoms with Crippen molar-refractivity contribution in [1.82, 2.24) is 19.5 Å². The van der Waals surface area contributed by atoms with Crippen LogP contribution in [0.1, 0.15) is 35.4 Å². The lowest BCUT2D eigenvalue weighted by molar-refractivity contribution is 0.541. The van der Waals surface area contributed by atoms with Crippen molar-refractivity contribution < 1.29 is 12.8 Å². The lowest BCUT2D eigenvalue weighted by Crippen LogP contribution is -2.18. The van der Waals surface area contributed by atoms with E-state index in [0.717, 1.165) is 28.4 Å². The topological polar surface area (TPSA) is 130 Å². The van der Waals surface area contributed by atoms with E-state index in [-0.39, 0.29) is 30.2 Å². The monoisotopic (exact) mass is 530 g/mol. The molecule has 2 aromatic heterocycles. The van der Waals surface area contributed by atoms with Crippen molar-refractivity contribution in [3.8, 4) is 0 Å². The Labute approximate surface area is 181 Å². The molecular weight excluding hydrogens is 510 g/mol.